The molecule has 1 aromatic heterocycles. The number of phenolic OH excluding ortho intramolecular Hbond substituents is 1. The quantitative estimate of drug-likeness (QED) is 0.0580. The summed E-state index contributed by atoms with van der Waals surface area (Å²) in [5.41, 5.74) is 2.20. The van der Waals surface area contributed by atoms with Gasteiger partial charge in [-0.2, -0.15) is 4.98 Å². The van der Waals surface area contributed by atoms with E-state index in [1.165, 1.54) is 35.9 Å². The van der Waals surface area contributed by atoms with Crippen LogP contribution in [-0.4, -0.2) is 71.3 Å². The summed E-state index contributed by atoms with van der Waals surface area (Å²) in [6.45, 7) is 1.52. The van der Waals surface area contributed by atoms with Crippen molar-refractivity contribution in [2.45, 2.75) is 63.2 Å². The van der Waals surface area contributed by atoms with Crippen LogP contribution in [0, 0.1) is 0 Å². The summed E-state index contributed by atoms with van der Waals surface area (Å²) in [5.74, 6) is -0.0458. The molecule has 340 valence electrons. The zero-order valence-corrected chi connectivity index (χ0v) is 36.7. The minimum Gasteiger partial charge on any atom is -0.508 e. The highest BCUT2D eigenvalue weighted by molar-refractivity contribution is 6.03. The van der Waals surface area contributed by atoms with Gasteiger partial charge in [0.25, 0.3) is 5.91 Å². The monoisotopic (exact) mass is 894 g/mol. The lowest BCUT2D eigenvalue weighted by atomic mass is 9.80. The number of amides is 2. The normalized spacial score (nSPS) is 15.7. The van der Waals surface area contributed by atoms with Crippen LogP contribution in [0.2, 0.25) is 0 Å². The molecule has 1 aliphatic rings. The van der Waals surface area contributed by atoms with E-state index in [1.54, 1.807) is 50.6 Å². The van der Waals surface area contributed by atoms with E-state index in [0.717, 1.165) is 27.8 Å². The number of ketones is 1. The van der Waals surface area contributed by atoms with Gasteiger partial charge in [0.15, 0.2) is 0 Å². The van der Waals surface area contributed by atoms with Crippen LogP contribution in [0.4, 0.5) is 5.82 Å². The third kappa shape index (κ3) is 11.4. The first-order valence-corrected chi connectivity index (χ1v) is 21.3. The second kappa shape index (κ2) is 21.4. The fourth-order valence-electron chi connectivity index (χ4n) is 7.66. The molecule has 7 rings (SSSR count). The second-order valence-electron chi connectivity index (χ2n) is 15.7. The van der Waals surface area contributed by atoms with Gasteiger partial charge in [0.05, 0.1) is 33.7 Å². The Hall–Kier alpha value is -7.62. The number of carbonyl (C=O) groups is 4. The minimum atomic E-state index is -1.23. The number of carbonyl (C=O) groups excluding carboxylic acids is 4. The molecule has 0 aliphatic carbocycles. The maximum absolute atomic E-state index is 13.6. The predicted octanol–water partition coefficient (Wildman–Crippen LogP) is 6.65. The highest BCUT2D eigenvalue weighted by atomic mass is 16.6. The van der Waals surface area contributed by atoms with Gasteiger partial charge in [-0.25, -0.2) is 4.79 Å². The topological polar surface area (TPSA) is 194 Å². The predicted molar refractivity (Wildman–Crippen MR) is 243 cm³/mol. The van der Waals surface area contributed by atoms with Crippen molar-refractivity contribution in [3.63, 3.8) is 0 Å². The van der Waals surface area contributed by atoms with Crippen molar-refractivity contribution in [1.29, 1.82) is 0 Å². The molecule has 15 heteroatoms. The number of aromatic hydroxyl groups is 1. The Morgan fingerprint density at radius 1 is 0.773 bits per heavy atom. The first-order chi connectivity index (χ1) is 31.9. The van der Waals surface area contributed by atoms with E-state index >= 15 is 0 Å². The number of rotatable bonds is 19. The summed E-state index contributed by atoms with van der Waals surface area (Å²) >= 11 is 0. The van der Waals surface area contributed by atoms with E-state index in [-0.39, 0.29) is 62.1 Å². The van der Waals surface area contributed by atoms with Crippen LogP contribution < -0.4 is 25.8 Å². The van der Waals surface area contributed by atoms with Crippen molar-refractivity contribution in [1.82, 2.24) is 14.9 Å². The molecule has 0 spiro atoms. The number of anilines is 1. The van der Waals surface area contributed by atoms with Gasteiger partial charge in [-0.3, -0.25) is 19.0 Å². The summed E-state index contributed by atoms with van der Waals surface area (Å²) in [5, 5.41) is 15.0. The Balaban J connectivity index is 1.08. The Morgan fingerprint density at radius 3 is 1.97 bits per heavy atom. The molecule has 0 unspecified atom stereocenters. The Bertz CT molecular complexity index is 2620. The van der Waals surface area contributed by atoms with Crippen molar-refractivity contribution in [3.8, 4) is 17.2 Å². The molecule has 3 N–H and O–H groups in total. The van der Waals surface area contributed by atoms with E-state index in [4.69, 9.17) is 23.7 Å². The first kappa shape index (κ1) is 46.4. The number of phenols is 1. The third-order valence-corrected chi connectivity index (χ3v) is 11.2. The number of hydrogen-bond donors (Lipinski definition) is 3. The van der Waals surface area contributed by atoms with Gasteiger partial charge in [-0.15, -0.1) is 0 Å². The molecular weight excluding hydrogens is 845 g/mol. The molecule has 5 aromatic carbocycles. The number of benzene rings is 5. The Morgan fingerprint density at radius 2 is 1.38 bits per heavy atom. The van der Waals surface area contributed by atoms with Crippen LogP contribution >= 0.6 is 0 Å². The number of nitrogens with one attached hydrogen (secondary N) is 2. The Labute approximate surface area is 381 Å². The van der Waals surface area contributed by atoms with Crippen molar-refractivity contribution >= 4 is 29.4 Å². The van der Waals surface area contributed by atoms with Crippen LogP contribution in [0.3, 0.4) is 0 Å². The lowest BCUT2D eigenvalue weighted by molar-refractivity contribution is -0.156. The highest BCUT2D eigenvalue weighted by Crippen LogP contribution is 2.43. The standard InChI is InChI=1S/C51H50N4O11/c1-33(56)9-26-48(59)66-43-30-47(55-28-27-45(54-50(55)61)53-49(60)36-14-10-35(11-15-36)31-52-46(58)29-34-12-20-40(57)21-13-34)65-44(43)32-64-51(37-7-5-4-6-8-37,38-16-22-41(62-2)23-17-38)39-18-24-42(63-3)25-19-39/h4-8,10-25,27-28,43-44,47,57H,9,26,29-32H2,1-3H3,(H,52,58)(H,53,54,60,61)/t43-,44-,47-/m1/s1. The fraction of sp³-hybridized carbons (Fsp3) is 0.255. The van der Waals surface area contributed by atoms with Crippen LogP contribution in [0.1, 0.15) is 70.6 Å². The number of nitrogens with zero attached hydrogens (tertiary/aromatic N) is 2. The molecular formula is C51H50N4O11. The molecule has 1 saturated heterocycles. The molecule has 0 saturated carbocycles. The lowest BCUT2D eigenvalue weighted by Crippen LogP contribution is -2.39. The molecule has 1 fully saturated rings. The summed E-state index contributed by atoms with van der Waals surface area (Å²) in [7, 11) is 3.18. The van der Waals surface area contributed by atoms with Gasteiger partial charge in [0.1, 0.15) is 52.9 Å². The average Bonchev–Trinajstić information content (AvgIpc) is 3.73. The van der Waals surface area contributed by atoms with Crippen molar-refractivity contribution in [2.75, 3.05) is 26.1 Å². The van der Waals surface area contributed by atoms with Gasteiger partial charge in [-0.1, -0.05) is 78.9 Å². The van der Waals surface area contributed by atoms with Crippen LogP contribution in [0.25, 0.3) is 0 Å². The maximum atomic E-state index is 13.6. The van der Waals surface area contributed by atoms with E-state index in [9.17, 15) is 29.1 Å². The van der Waals surface area contributed by atoms with Gasteiger partial charge >= 0.3 is 11.7 Å². The molecule has 15 nitrogen and oxygen atoms in total. The number of aromatic nitrogens is 2. The molecule has 6 aromatic rings. The molecule has 0 radical (unpaired) electrons. The van der Waals surface area contributed by atoms with Gasteiger partial charge in [-0.05, 0) is 89.3 Å². The van der Waals surface area contributed by atoms with Crippen molar-refractivity contribution < 1.29 is 48.0 Å². The number of ether oxygens (including phenoxy) is 5. The highest BCUT2D eigenvalue weighted by Gasteiger charge is 2.44. The average molecular weight is 895 g/mol. The van der Waals surface area contributed by atoms with Crippen molar-refractivity contribution in [2.24, 2.45) is 0 Å². The summed E-state index contributed by atoms with van der Waals surface area (Å²) in [6, 6.07) is 39.2. The molecule has 66 heavy (non-hydrogen) atoms. The zero-order valence-electron chi connectivity index (χ0n) is 36.7. The number of Topliss-reactive ketones (excluding diaryl/α,β-unsaturated/α-hetero) is 1. The van der Waals surface area contributed by atoms with E-state index in [0.29, 0.717) is 17.1 Å². The maximum Gasteiger partial charge on any atom is 0.351 e. The third-order valence-electron chi connectivity index (χ3n) is 11.2. The smallest absolute Gasteiger partial charge is 0.351 e. The lowest BCUT2D eigenvalue weighted by Gasteiger charge is -2.37. The van der Waals surface area contributed by atoms with Gasteiger partial charge in [0, 0.05) is 31.1 Å². The summed E-state index contributed by atoms with van der Waals surface area (Å²) < 4.78 is 31.7. The summed E-state index contributed by atoms with van der Waals surface area (Å²) in [6.07, 6.45) is -1.21. The zero-order chi connectivity index (χ0) is 46.6. The van der Waals surface area contributed by atoms with Gasteiger partial charge < -0.3 is 44.2 Å². The summed E-state index contributed by atoms with van der Waals surface area (Å²) in [4.78, 5) is 68.2. The first-order valence-electron chi connectivity index (χ1n) is 21.3. The molecule has 1 aliphatic heterocycles. The van der Waals surface area contributed by atoms with Crippen LogP contribution in [0.15, 0.2) is 144 Å². The van der Waals surface area contributed by atoms with Crippen molar-refractivity contribution in [3.05, 3.63) is 184 Å². The molecule has 2 amide bonds. The number of hydrogen-bond acceptors (Lipinski definition) is 12. The molecule has 3 atom stereocenters. The second-order valence-corrected chi connectivity index (χ2v) is 15.7. The molecule has 2 heterocycles. The number of esters is 1. The van der Waals surface area contributed by atoms with Crippen LogP contribution in [0.5, 0.6) is 17.2 Å². The van der Waals surface area contributed by atoms with Gasteiger partial charge in [0.2, 0.25) is 5.91 Å². The van der Waals surface area contributed by atoms with E-state index < -0.39 is 41.6 Å². The van der Waals surface area contributed by atoms with Crippen LogP contribution in [-0.2, 0) is 47.2 Å². The minimum absolute atomic E-state index is 0.00328. The number of methoxy groups -OCH3 is 2. The fourth-order valence-corrected chi connectivity index (χ4v) is 7.66. The molecule has 0 bridgehead atoms. The van der Waals surface area contributed by atoms with E-state index in [2.05, 4.69) is 15.6 Å². The Kier molecular flexibility index (Phi) is 15.0. The van der Waals surface area contributed by atoms with E-state index in [1.807, 2.05) is 78.9 Å². The SMILES string of the molecule is COc1ccc(C(OC[C@H]2O[C@@H](n3ccc(NC(=O)c4ccc(CNC(=O)Cc5ccc(O)cc5)cc4)nc3=O)C[C@H]2OC(=O)CCC(C)=O)(c2ccccc2)c2ccc(OC)cc2)cc1. The largest absolute Gasteiger partial charge is 0.508 e.